The first-order valence-electron chi connectivity index (χ1n) is 7.85. The maximum atomic E-state index is 12.8. The molecule has 0 heterocycles. The second kappa shape index (κ2) is 6.28. The Hall–Kier alpha value is -2.34. The lowest BCUT2D eigenvalue weighted by molar-refractivity contribution is 0.0951. The van der Waals surface area contributed by atoms with Crippen LogP contribution in [0, 0.1) is 6.92 Å². The molecular weight excluding hydrogens is 324 g/mol. The van der Waals surface area contributed by atoms with Gasteiger partial charge in [0, 0.05) is 18.7 Å². The van der Waals surface area contributed by atoms with Gasteiger partial charge in [0.2, 0.25) is 0 Å². The summed E-state index contributed by atoms with van der Waals surface area (Å²) in [5.74, 6) is -0.163. The zero-order valence-electron chi connectivity index (χ0n) is 13.7. The van der Waals surface area contributed by atoms with Crippen molar-refractivity contribution < 1.29 is 13.2 Å². The fourth-order valence-corrected chi connectivity index (χ4v) is 3.74. The maximum absolute atomic E-state index is 12.8. The summed E-state index contributed by atoms with van der Waals surface area (Å²) in [6.45, 7) is 1.83. The van der Waals surface area contributed by atoms with E-state index in [0.717, 1.165) is 18.4 Å². The van der Waals surface area contributed by atoms with Crippen LogP contribution in [-0.4, -0.2) is 27.4 Å². The van der Waals surface area contributed by atoms with Gasteiger partial charge in [-0.1, -0.05) is 24.3 Å². The Morgan fingerprint density at radius 1 is 1.12 bits per heavy atom. The number of nitrogens with zero attached hydrogens (tertiary/aromatic N) is 1. The molecule has 0 radical (unpaired) electrons. The molecule has 0 bridgehead atoms. The minimum Gasteiger partial charge on any atom is -0.349 e. The molecule has 1 amide bonds. The van der Waals surface area contributed by atoms with Gasteiger partial charge in [-0.25, -0.2) is 8.42 Å². The van der Waals surface area contributed by atoms with Crippen molar-refractivity contribution in [1.82, 2.24) is 5.32 Å². The molecule has 0 saturated heterocycles. The quantitative estimate of drug-likeness (QED) is 0.907. The van der Waals surface area contributed by atoms with E-state index in [1.165, 1.54) is 11.4 Å². The Kier molecular flexibility index (Phi) is 4.32. The van der Waals surface area contributed by atoms with Crippen molar-refractivity contribution in [3.8, 4) is 0 Å². The lowest BCUT2D eigenvalue weighted by Gasteiger charge is -2.22. The number of benzene rings is 2. The van der Waals surface area contributed by atoms with Crippen molar-refractivity contribution in [3.63, 3.8) is 0 Å². The van der Waals surface area contributed by atoms with Gasteiger partial charge in [0.05, 0.1) is 10.6 Å². The van der Waals surface area contributed by atoms with Gasteiger partial charge in [-0.3, -0.25) is 9.10 Å². The zero-order chi connectivity index (χ0) is 17.3. The molecule has 5 nitrogen and oxygen atoms in total. The van der Waals surface area contributed by atoms with E-state index in [-0.39, 0.29) is 16.8 Å². The molecule has 2 aromatic carbocycles. The molecule has 1 saturated carbocycles. The summed E-state index contributed by atoms with van der Waals surface area (Å²) in [4.78, 5) is 12.4. The highest BCUT2D eigenvalue weighted by Crippen LogP contribution is 2.27. The van der Waals surface area contributed by atoms with E-state index in [1.807, 2.05) is 6.92 Å². The monoisotopic (exact) mass is 344 g/mol. The van der Waals surface area contributed by atoms with Gasteiger partial charge >= 0.3 is 0 Å². The third kappa shape index (κ3) is 3.28. The smallest absolute Gasteiger partial charge is 0.264 e. The summed E-state index contributed by atoms with van der Waals surface area (Å²) in [6, 6.07) is 13.7. The predicted octanol–water partition coefficient (Wildman–Crippen LogP) is 2.71. The Labute approximate surface area is 142 Å². The molecule has 24 heavy (non-hydrogen) atoms. The largest absolute Gasteiger partial charge is 0.349 e. The number of hydrogen-bond acceptors (Lipinski definition) is 3. The van der Waals surface area contributed by atoms with Crippen LogP contribution in [0.2, 0.25) is 0 Å². The van der Waals surface area contributed by atoms with Crippen molar-refractivity contribution in [2.45, 2.75) is 30.7 Å². The van der Waals surface area contributed by atoms with Crippen molar-refractivity contribution in [3.05, 3.63) is 59.7 Å². The van der Waals surface area contributed by atoms with Crippen LogP contribution >= 0.6 is 0 Å². The molecule has 1 N–H and O–H groups in total. The molecule has 3 rings (SSSR count). The predicted molar refractivity (Wildman–Crippen MR) is 93.7 cm³/mol. The molecule has 1 aliphatic carbocycles. The van der Waals surface area contributed by atoms with Crippen LogP contribution in [0.3, 0.4) is 0 Å². The van der Waals surface area contributed by atoms with Gasteiger partial charge in [-0.2, -0.15) is 0 Å². The van der Waals surface area contributed by atoms with E-state index in [9.17, 15) is 13.2 Å². The first-order valence-corrected chi connectivity index (χ1v) is 9.29. The van der Waals surface area contributed by atoms with Gasteiger partial charge in [0.1, 0.15) is 0 Å². The topological polar surface area (TPSA) is 66.5 Å². The molecule has 6 heteroatoms. The number of hydrogen-bond donors (Lipinski definition) is 1. The van der Waals surface area contributed by atoms with Crippen molar-refractivity contribution >= 4 is 21.6 Å². The molecular formula is C18H20N2O3S. The molecule has 0 spiro atoms. The van der Waals surface area contributed by atoms with E-state index < -0.39 is 10.0 Å². The Morgan fingerprint density at radius 2 is 1.79 bits per heavy atom. The van der Waals surface area contributed by atoms with Gasteiger partial charge in [-0.15, -0.1) is 0 Å². The van der Waals surface area contributed by atoms with Crippen LogP contribution < -0.4 is 9.62 Å². The molecule has 0 unspecified atom stereocenters. The number of carbonyl (C=O) groups excluding carboxylic acids is 1. The van der Waals surface area contributed by atoms with Gasteiger partial charge in [-0.05, 0) is 49.6 Å². The highest BCUT2D eigenvalue weighted by atomic mass is 32.2. The Bertz CT molecular complexity index is 859. The highest BCUT2D eigenvalue weighted by Gasteiger charge is 2.26. The summed E-state index contributed by atoms with van der Waals surface area (Å²) >= 11 is 0. The number of sulfonamides is 1. The van der Waals surface area contributed by atoms with Crippen molar-refractivity contribution in [2.24, 2.45) is 0 Å². The van der Waals surface area contributed by atoms with Crippen LogP contribution in [0.4, 0.5) is 5.69 Å². The third-order valence-corrected chi connectivity index (χ3v) is 5.91. The SMILES string of the molecule is Cc1ccc(C(=O)NC2CC2)cc1N(C)S(=O)(=O)c1ccccc1. The first-order chi connectivity index (χ1) is 11.4. The summed E-state index contributed by atoms with van der Waals surface area (Å²) in [5, 5.41) is 2.92. The van der Waals surface area contributed by atoms with E-state index >= 15 is 0 Å². The lowest BCUT2D eigenvalue weighted by Crippen LogP contribution is -2.29. The van der Waals surface area contributed by atoms with Crippen molar-refractivity contribution in [1.29, 1.82) is 0 Å². The fraction of sp³-hybridized carbons (Fsp3) is 0.278. The fourth-order valence-electron chi connectivity index (χ4n) is 2.47. The summed E-state index contributed by atoms with van der Waals surface area (Å²) in [7, 11) is -2.16. The highest BCUT2D eigenvalue weighted by molar-refractivity contribution is 7.92. The van der Waals surface area contributed by atoms with Crippen LogP contribution in [0.5, 0.6) is 0 Å². The normalized spacial score (nSPS) is 14.2. The average molecular weight is 344 g/mol. The van der Waals surface area contributed by atoms with Gasteiger partial charge in [0.15, 0.2) is 0 Å². The van der Waals surface area contributed by atoms with Crippen LogP contribution in [-0.2, 0) is 10.0 Å². The Morgan fingerprint density at radius 3 is 2.42 bits per heavy atom. The van der Waals surface area contributed by atoms with E-state index in [2.05, 4.69) is 5.32 Å². The summed E-state index contributed by atoms with van der Waals surface area (Å²) in [5.41, 5.74) is 1.76. The van der Waals surface area contributed by atoms with E-state index in [1.54, 1.807) is 48.5 Å². The molecule has 0 aliphatic heterocycles. The lowest BCUT2D eigenvalue weighted by atomic mass is 10.1. The van der Waals surface area contributed by atoms with E-state index in [0.29, 0.717) is 11.3 Å². The molecule has 2 aromatic rings. The first kappa shape index (κ1) is 16.5. The molecule has 126 valence electrons. The number of anilines is 1. The molecule has 1 fully saturated rings. The third-order valence-electron chi connectivity index (χ3n) is 4.12. The van der Waals surface area contributed by atoms with Gasteiger partial charge in [0.25, 0.3) is 15.9 Å². The second-order valence-electron chi connectivity index (χ2n) is 6.03. The van der Waals surface area contributed by atoms with Crippen molar-refractivity contribution in [2.75, 3.05) is 11.4 Å². The summed E-state index contributed by atoms with van der Waals surface area (Å²) < 4.78 is 26.8. The minimum atomic E-state index is -3.67. The molecule has 0 aromatic heterocycles. The summed E-state index contributed by atoms with van der Waals surface area (Å²) in [6.07, 6.45) is 2.01. The average Bonchev–Trinajstić information content (AvgIpc) is 3.39. The maximum Gasteiger partial charge on any atom is 0.264 e. The standard InChI is InChI=1S/C18H20N2O3S/c1-13-8-9-14(18(21)19-15-10-11-15)12-17(13)20(2)24(22,23)16-6-4-3-5-7-16/h3-9,12,15H,10-11H2,1-2H3,(H,19,21). The van der Waals surface area contributed by atoms with Crippen LogP contribution in [0.15, 0.2) is 53.4 Å². The number of nitrogens with one attached hydrogen (secondary N) is 1. The van der Waals surface area contributed by atoms with Gasteiger partial charge < -0.3 is 5.32 Å². The number of amides is 1. The molecule has 1 aliphatic rings. The zero-order valence-corrected chi connectivity index (χ0v) is 14.5. The van der Waals surface area contributed by atoms with Crippen LogP contribution in [0.25, 0.3) is 0 Å². The molecule has 0 atom stereocenters. The minimum absolute atomic E-state index is 0.163. The second-order valence-corrected chi connectivity index (χ2v) is 8.00. The Balaban J connectivity index is 1.94. The van der Waals surface area contributed by atoms with E-state index in [4.69, 9.17) is 0 Å². The number of rotatable bonds is 5. The van der Waals surface area contributed by atoms with Crippen LogP contribution in [0.1, 0.15) is 28.8 Å². The number of aryl methyl sites for hydroxylation is 1. The number of carbonyl (C=O) groups is 1.